The minimum Gasteiger partial charge on any atom is -0.482 e. The molecule has 1 aromatic heterocycles. The van der Waals surface area contributed by atoms with Crippen molar-refractivity contribution >= 4 is 34.3 Å². The number of anilines is 2. The quantitative estimate of drug-likeness (QED) is 0.600. The summed E-state index contributed by atoms with van der Waals surface area (Å²) in [5.74, 6) is -0.221. The maximum absolute atomic E-state index is 14.6. The molecule has 3 aliphatic heterocycles. The van der Waals surface area contributed by atoms with E-state index < -0.39 is 12.2 Å². The fourth-order valence-corrected chi connectivity index (χ4v) is 4.94. The zero-order chi connectivity index (χ0) is 23.4. The Morgan fingerprint density at radius 1 is 1.06 bits per heavy atom. The second kappa shape index (κ2) is 7.84. The number of carbonyl (C=O) groups is 2. The van der Waals surface area contributed by atoms with E-state index in [1.54, 1.807) is 34.9 Å². The van der Waals surface area contributed by atoms with Crippen molar-refractivity contribution < 1.29 is 23.5 Å². The number of hydrogen-bond donors (Lipinski definition) is 2. The van der Waals surface area contributed by atoms with Gasteiger partial charge in [0.25, 0.3) is 11.5 Å². The summed E-state index contributed by atoms with van der Waals surface area (Å²) in [6.07, 6.45) is -0.882. The Morgan fingerprint density at radius 3 is 2.79 bits per heavy atom. The highest BCUT2D eigenvalue weighted by Gasteiger charge is 2.34. The highest BCUT2D eigenvalue weighted by atomic mass is 19.1. The number of hydrogen-bond acceptors (Lipinski definition) is 6. The molecule has 10 heteroatoms. The summed E-state index contributed by atoms with van der Waals surface area (Å²) in [6, 6.07) is 11.5. The van der Waals surface area contributed by atoms with E-state index in [0.29, 0.717) is 54.4 Å². The van der Waals surface area contributed by atoms with Crippen LogP contribution in [-0.2, 0) is 16.1 Å². The monoisotopic (exact) mass is 464 g/mol. The van der Waals surface area contributed by atoms with Gasteiger partial charge >= 0.3 is 6.09 Å². The van der Waals surface area contributed by atoms with Crippen LogP contribution < -0.4 is 25.8 Å². The van der Waals surface area contributed by atoms with Gasteiger partial charge in [-0.25, -0.2) is 9.18 Å². The lowest BCUT2D eigenvalue weighted by atomic mass is 9.99. The van der Waals surface area contributed by atoms with E-state index in [1.807, 2.05) is 0 Å². The predicted molar refractivity (Wildman–Crippen MR) is 122 cm³/mol. The SMILES string of the molecule is O=C1COc2ccc(N3C[C@@H](CNCC4Cn5c(=O)ccc6ccc(F)c4c65)OC3=O)cc2N1. The topological polar surface area (TPSA) is 102 Å². The molecule has 4 heterocycles. The van der Waals surface area contributed by atoms with Gasteiger partial charge in [0.1, 0.15) is 17.7 Å². The molecule has 6 rings (SSSR count). The van der Waals surface area contributed by atoms with E-state index in [0.717, 1.165) is 5.39 Å². The molecule has 1 fully saturated rings. The molecule has 3 aromatic rings. The van der Waals surface area contributed by atoms with E-state index in [2.05, 4.69) is 10.6 Å². The summed E-state index contributed by atoms with van der Waals surface area (Å²) >= 11 is 0. The van der Waals surface area contributed by atoms with Gasteiger partial charge in [-0.15, -0.1) is 0 Å². The number of nitrogens with zero attached hydrogens (tertiary/aromatic N) is 2. The summed E-state index contributed by atoms with van der Waals surface area (Å²) in [4.78, 5) is 37.8. The van der Waals surface area contributed by atoms with Gasteiger partial charge in [-0.1, -0.05) is 0 Å². The Kier molecular flexibility index (Phi) is 4.77. The second-order valence-corrected chi connectivity index (χ2v) is 8.67. The Morgan fingerprint density at radius 2 is 1.91 bits per heavy atom. The van der Waals surface area contributed by atoms with Gasteiger partial charge in [0.05, 0.1) is 17.7 Å². The third-order valence-corrected chi connectivity index (χ3v) is 6.49. The first kappa shape index (κ1) is 20.7. The molecule has 2 aromatic carbocycles. The van der Waals surface area contributed by atoms with Crippen molar-refractivity contribution in [2.45, 2.75) is 18.6 Å². The molecule has 0 saturated carbocycles. The minimum atomic E-state index is -0.481. The van der Waals surface area contributed by atoms with Gasteiger partial charge in [0.15, 0.2) is 6.61 Å². The lowest BCUT2D eigenvalue weighted by Crippen LogP contribution is -2.33. The molecular formula is C24H21FN4O5. The maximum Gasteiger partial charge on any atom is 0.414 e. The number of pyridine rings is 1. The van der Waals surface area contributed by atoms with Crippen molar-refractivity contribution in [3.8, 4) is 5.75 Å². The van der Waals surface area contributed by atoms with Crippen LogP contribution in [0, 0.1) is 5.82 Å². The van der Waals surface area contributed by atoms with Crippen LogP contribution in [0.1, 0.15) is 11.5 Å². The Balaban J connectivity index is 1.12. The number of ether oxygens (including phenoxy) is 2. The third kappa shape index (κ3) is 3.38. The molecule has 0 bridgehead atoms. The van der Waals surface area contributed by atoms with Crippen LogP contribution in [0.4, 0.5) is 20.6 Å². The minimum absolute atomic E-state index is 0.0367. The van der Waals surface area contributed by atoms with Crippen molar-refractivity contribution in [2.24, 2.45) is 0 Å². The van der Waals surface area contributed by atoms with Crippen molar-refractivity contribution in [3.05, 3.63) is 64.2 Å². The van der Waals surface area contributed by atoms with Crippen LogP contribution in [0.5, 0.6) is 5.75 Å². The number of fused-ring (bicyclic) bond motifs is 1. The average molecular weight is 464 g/mol. The van der Waals surface area contributed by atoms with Crippen molar-refractivity contribution in [3.63, 3.8) is 0 Å². The molecule has 1 saturated heterocycles. The van der Waals surface area contributed by atoms with Crippen molar-refractivity contribution in [1.29, 1.82) is 0 Å². The van der Waals surface area contributed by atoms with Crippen molar-refractivity contribution in [1.82, 2.24) is 9.88 Å². The van der Waals surface area contributed by atoms with Crippen LogP contribution >= 0.6 is 0 Å². The van der Waals surface area contributed by atoms with E-state index >= 15 is 0 Å². The number of aromatic nitrogens is 1. The zero-order valence-corrected chi connectivity index (χ0v) is 18.0. The summed E-state index contributed by atoms with van der Waals surface area (Å²) in [7, 11) is 0. The second-order valence-electron chi connectivity index (χ2n) is 8.67. The lowest BCUT2D eigenvalue weighted by molar-refractivity contribution is -0.118. The van der Waals surface area contributed by atoms with Gasteiger partial charge in [-0.2, -0.15) is 0 Å². The highest BCUT2D eigenvalue weighted by Crippen LogP contribution is 2.35. The molecule has 9 nitrogen and oxygen atoms in total. The normalized spacial score (nSPS) is 20.8. The fraction of sp³-hybridized carbons (Fsp3) is 0.292. The Labute approximate surface area is 193 Å². The third-order valence-electron chi connectivity index (χ3n) is 6.49. The van der Waals surface area contributed by atoms with Gasteiger partial charge in [-0.05, 0) is 41.8 Å². The number of cyclic esters (lactones) is 1. The number of halogens is 1. The average Bonchev–Trinajstić information content (AvgIpc) is 3.39. The molecule has 0 radical (unpaired) electrons. The molecule has 174 valence electrons. The lowest BCUT2D eigenvalue weighted by Gasteiger charge is -2.20. The van der Waals surface area contributed by atoms with Crippen LogP contribution in [0.3, 0.4) is 0 Å². The molecule has 3 aliphatic rings. The fourth-order valence-electron chi connectivity index (χ4n) is 4.94. The summed E-state index contributed by atoms with van der Waals surface area (Å²) in [6.45, 7) is 1.51. The van der Waals surface area contributed by atoms with Gasteiger partial charge < -0.3 is 24.7 Å². The number of rotatable bonds is 5. The maximum atomic E-state index is 14.6. The molecule has 34 heavy (non-hydrogen) atoms. The Hall–Kier alpha value is -3.92. The first-order valence-corrected chi connectivity index (χ1v) is 11.1. The molecule has 2 atom stereocenters. The molecule has 1 unspecified atom stereocenters. The summed E-state index contributed by atoms with van der Waals surface area (Å²) < 4.78 is 27.1. The largest absolute Gasteiger partial charge is 0.482 e. The van der Waals surface area contributed by atoms with E-state index in [1.165, 1.54) is 17.0 Å². The molecule has 0 aliphatic carbocycles. The van der Waals surface area contributed by atoms with Crippen LogP contribution in [-0.4, -0.2) is 48.9 Å². The highest BCUT2D eigenvalue weighted by molar-refractivity contribution is 5.97. The number of carbonyl (C=O) groups excluding carboxylic acids is 2. The molecular weight excluding hydrogens is 443 g/mol. The molecule has 2 N–H and O–H groups in total. The first-order chi connectivity index (χ1) is 16.5. The smallest absolute Gasteiger partial charge is 0.414 e. The standard InChI is InChI=1S/C24H21FN4O5/c25-17-4-1-13-2-6-21(31)29-10-14(22(17)23(13)29)8-26-9-16-11-28(24(32)34-16)15-3-5-19-18(7-15)27-20(30)12-33-19/h1-7,14,16,26H,8-12H2,(H,27,30)/t14?,16-/m1/s1. The summed E-state index contributed by atoms with van der Waals surface area (Å²) in [5.41, 5.74) is 2.16. The number of benzene rings is 2. The van der Waals surface area contributed by atoms with E-state index in [4.69, 9.17) is 9.47 Å². The predicted octanol–water partition coefficient (Wildman–Crippen LogP) is 2.18. The molecule has 0 spiro atoms. The Bertz CT molecular complexity index is 1400. The van der Waals surface area contributed by atoms with Gasteiger partial charge in [-0.3, -0.25) is 14.5 Å². The summed E-state index contributed by atoms with van der Waals surface area (Å²) in [5, 5.41) is 6.85. The van der Waals surface area contributed by atoms with Crippen LogP contribution in [0.15, 0.2) is 47.3 Å². The number of amides is 2. The number of nitrogens with one attached hydrogen (secondary N) is 2. The van der Waals surface area contributed by atoms with Gasteiger partial charge in [0, 0.05) is 42.9 Å². The van der Waals surface area contributed by atoms with E-state index in [-0.39, 0.29) is 29.8 Å². The van der Waals surface area contributed by atoms with Crippen LogP contribution in [0.25, 0.3) is 10.9 Å². The first-order valence-electron chi connectivity index (χ1n) is 11.1. The van der Waals surface area contributed by atoms with Gasteiger partial charge in [0.2, 0.25) is 0 Å². The van der Waals surface area contributed by atoms with E-state index in [9.17, 15) is 18.8 Å². The zero-order valence-electron chi connectivity index (χ0n) is 18.0. The molecule has 2 amide bonds. The van der Waals surface area contributed by atoms with Crippen molar-refractivity contribution in [2.75, 3.05) is 36.5 Å². The van der Waals surface area contributed by atoms with Crippen LogP contribution in [0.2, 0.25) is 0 Å².